The zero-order valence-electron chi connectivity index (χ0n) is 11.4. The van der Waals surface area contributed by atoms with Crippen molar-refractivity contribution in [3.63, 3.8) is 0 Å². The maximum absolute atomic E-state index is 10.1. The SMILES string of the molecule is COc1cc(Cl)cc(CN2CCCOC(C)C2)c1O. The molecule has 0 amide bonds. The van der Waals surface area contributed by atoms with Gasteiger partial charge in [-0.3, -0.25) is 4.90 Å². The zero-order chi connectivity index (χ0) is 13.8. The first kappa shape index (κ1) is 14.4. The van der Waals surface area contributed by atoms with Crippen LogP contribution in [0.2, 0.25) is 5.02 Å². The monoisotopic (exact) mass is 285 g/mol. The summed E-state index contributed by atoms with van der Waals surface area (Å²) in [5.74, 6) is 0.589. The number of nitrogens with zero attached hydrogens (tertiary/aromatic N) is 1. The van der Waals surface area contributed by atoms with E-state index >= 15 is 0 Å². The lowest BCUT2D eigenvalue weighted by Crippen LogP contribution is -2.29. The Bertz CT molecular complexity index is 439. The maximum Gasteiger partial charge on any atom is 0.162 e. The number of phenolic OH excluding ortho intramolecular Hbond substituents is 1. The van der Waals surface area contributed by atoms with Crippen molar-refractivity contribution in [1.29, 1.82) is 0 Å². The van der Waals surface area contributed by atoms with Crippen LogP contribution in [0.1, 0.15) is 18.9 Å². The van der Waals surface area contributed by atoms with Gasteiger partial charge in [-0.1, -0.05) is 11.6 Å². The van der Waals surface area contributed by atoms with E-state index in [4.69, 9.17) is 21.1 Å². The highest BCUT2D eigenvalue weighted by molar-refractivity contribution is 6.30. The number of ether oxygens (including phenoxy) is 2. The predicted molar refractivity (Wildman–Crippen MR) is 75.0 cm³/mol. The number of hydrogen-bond acceptors (Lipinski definition) is 4. The first-order valence-electron chi connectivity index (χ1n) is 6.49. The van der Waals surface area contributed by atoms with Crippen molar-refractivity contribution < 1.29 is 14.6 Å². The summed E-state index contributed by atoms with van der Waals surface area (Å²) in [4.78, 5) is 2.27. The Morgan fingerprint density at radius 2 is 2.32 bits per heavy atom. The van der Waals surface area contributed by atoms with E-state index in [1.54, 1.807) is 12.1 Å². The summed E-state index contributed by atoms with van der Waals surface area (Å²) < 4.78 is 10.7. The lowest BCUT2D eigenvalue weighted by atomic mass is 10.1. The minimum absolute atomic E-state index is 0.171. The molecule has 0 radical (unpaired) electrons. The molecule has 0 spiro atoms. The van der Waals surface area contributed by atoms with Gasteiger partial charge >= 0.3 is 0 Å². The van der Waals surface area contributed by atoms with E-state index in [0.29, 0.717) is 17.3 Å². The molecule has 0 bridgehead atoms. The molecule has 1 aromatic rings. The zero-order valence-corrected chi connectivity index (χ0v) is 12.1. The highest BCUT2D eigenvalue weighted by atomic mass is 35.5. The average Bonchev–Trinajstić information content (AvgIpc) is 2.57. The Morgan fingerprint density at radius 3 is 3.05 bits per heavy atom. The largest absolute Gasteiger partial charge is 0.504 e. The molecule has 1 atom stereocenters. The Morgan fingerprint density at radius 1 is 1.53 bits per heavy atom. The number of aromatic hydroxyl groups is 1. The molecule has 2 rings (SSSR count). The summed E-state index contributed by atoms with van der Waals surface area (Å²) in [5.41, 5.74) is 0.790. The molecule has 1 N–H and O–H groups in total. The lowest BCUT2D eigenvalue weighted by Gasteiger charge is -2.22. The van der Waals surface area contributed by atoms with Gasteiger partial charge in [-0.2, -0.15) is 0 Å². The molecule has 0 saturated carbocycles. The Kier molecular flexibility index (Phi) is 4.91. The van der Waals surface area contributed by atoms with Crippen LogP contribution < -0.4 is 4.74 Å². The maximum atomic E-state index is 10.1. The van der Waals surface area contributed by atoms with Crippen LogP contribution in [0, 0.1) is 0 Å². The predicted octanol–water partition coefficient (Wildman–Crippen LogP) is 2.67. The molecule has 1 fully saturated rings. The Hall–Kier alpha value is -0.970. The molecule has 0 aromatic heterocycles. The van der Waals surface area contributed by atoms with E-state index in [9.17, 15) is 5.11 Å². The molecule has 1 aliphatic rings. The van der Waals surface area contributed by atoms with Gasteiger partial charge in [0.05, 0.1) is 13.2 Å². The van der Waals surface area contributed by atoms with Crippen molar-refractivity contribution in [2.24, 2.45) is 0 Å². The minimum Gasteiger partial charge on any atom is -0.504 e. The van der Waals surface area contributed by atoms with E-state index in [-0.39, 0.29) is 11.9 Å². The summed E-state index contributed by atoms with van der Waals surface area (Å²) in [7, 11) is 1.52. The van der Waals surface area contributed by atoms with Crippen molar-refractivity contribution >= 4 is 11.6 Å². The highest BCUT2D eigenvalue weighted by Gasteiger charge is 2.18. The summed E-state index contributed by atoms with van der Waals surface area (Å²) in [5, 5.41) is 10.7. The summed E-state index contributed by atoms with van der Waals surface area (Å²) in [6.45, 7) is 5.32. The van der Waals surface area contributed by atoms with Gasteiger partial charge in [0.25, 0.3) is 0 Å². The van der Waals surface area contributed by atoms with Gasteiger partial charge in [0.15, 0.2) is 11.5 Å². The third-order valence-electron chi connectivity index (χ3n) is 3.27. The molecule has 1 aromatic carbocycles. The van der Waals surface area contributed by atoms with Gasteiger partial charge in [0.1, 0.15) is 0 Å². The van der Waals surface area contributed by atoms with Crippen LogP contribution in [0.4, 0.5) is 0 Å². The smallest absolute Gasteiger partial charge is 0.162 e. The Labute approximate surface area is 118 Å². The number of phenols is 1. The van der Waals surface area contributed by atoms with Crippen molar-refractivity contribution in [1.82, 2.24) is 4.90 Å². The summed E-state index contributed by atoms with van der Waals surface area (Å²) >= 11 is 6.05. The second kappa shape index (κ2) is 6.46. The number of rotatable bonds is 3. The molecule has 1 aliphatic heterocycles. The van der Waals surface area contributed by atoms with Gasteiger partial charge in [-0.05, 0) is 19.4 Å². The van der Waals surface area contributed by atoms with Crippen LogP contribution in [-0.4, -0.2) is 42.9 Å². The van der Waals surface area contributed by atoms with Crippen molar-refractivity contribution in [3.05, 3.63) is 22.7 Å². The van der Waals surface area contributed by atoms with Crippen LogP contribution in [0.25, 0.3) is 0 Å². The van der Waals surface area contributed by atoms with E-state index in [2.05, 4.69) is 11.8 Å². The van der Waals surface area contributed by atoms with Crippen LogP contribution >= 0.6 is 11.6 Å². The molecule has 1 saturated heterocycles. The molecule has 1 unspecified atom stereocenters. The fraction of sp³-hybridized carbons (Fsp3) is 0.571. The van der Waals surface area contributed by atoms with Crippen LogP contribution in [-0.2, 0) is 11.3 Å². The van der Waals surface area contributed by atoms with Crippen molar-refractivity contribution in [2.45, 2.75) is 26.0 Å². The second-order valence-corrected chi connectivity index (χ2v) is 5.32. The van der Waals surface area contributed by atoms with E-state index in [0.717, 1.165) is 31.7 Å². The second-order valence-electron chi connectivity index (χ2n) is 4.89. The molecular weight excluding hydrogens is 266 g/mol. The van der Waals surface area contributed by atoms with Crippen LogP contribution in [0.5, 0.6) is 11.5 Å². The summed E-state index contributed by atoms with van der Waals surface area (Å²) in [6, 6.07) is 3.41. The molecule has 19 heavy (non-hydrogen) atoms. The third-order valence-corrected chi connectivity index (χ3v) is 3.49. The van der Waals surface area contributed by atoms with Crippen molar-refractivity contribution in [2.75, 3.05) is 26.8 Å². The van der Waals surface area contributed by atoms with E-state index < -0.39 is 0 Å². The van der Waals surface area contributed by atoms with Gasteiger partial charge in [0.2, 0.25) is 0 Å². The van der Waals surface area contributed by atoms with Gasteiger partial charge in [-0.15, -0.1) is 0 Å². The van der Waals surface area contributed by atoms with Gasteiger partial charge < -0.3 is 14.6 Å². The lowest BCUT2D eigenvalue weighted by molar-refractivity contribution is 0.0667. The Balaban J connectivity index is 2.15. The molecule has 5 heteroatoms. The molecular formula is C14H20ClNO3. The number of benzene rings is 1. The first-order valence-corrected chi connectivity index (χ1v) is 6.87. The standard InChI is InChI=1S/C14H20ClNO3/c1-10-8-16(4-3-5-19-10)9-11-6-12(15)7-13(18-2)14(11)17/h6-7,10,17H,3-5,8-9H2,1-2H3. The minimum atomic E-state index is 0.171. The number of halogens is 1. The molecule has 4 nitrogen and oxygen atoms in total. The topological polar surface area (TPSA) is 41.9 Å². The number of hydrogen-bond donors (Lipinski definition) is 1. The summed E-state index contributed by atoms with van der Waals surface area (Å²) in [6.07, 6.45) is 1.22. The van der Waals surface area contributed by atoms with Crippen LogP contribution in [0.3, 0.4) is 0 Å². The van der Waals surface area contributed by atoms with Crippen LogP contribution in [0.15, 0.2) is 12.1 Å². The number of methoxy groups -OCH3 is 1. The quantitative estimate of drug-likeness (QED) is 0.927. The molecule has 0 aliphatic carbocycles. The van der Waals surface area contributed by atoms with Gasteiger partial charge in [0, 0.05) is 42.9 Å². The van der Waals surface area contributed by atoms with E-state index in [1.165, 1.54) is 7.11 Å². The third kappa shape index (κ3) is 3.75. The average molecular weight is 286 g/mol. The molecule has 106 valence electrons. The highest BCUT2D eigenvalue weighted by Crippen LogP contribution is 2.34. The molecule has 1 heterocycles. The normalized spacial score (nSPS) is 21.1. The fourth-order valence-electron chi connectivity index (χ4n) is 2.37. The van der Waals surface area contributed by atoms with Gasteiger partial charge in [-0.25, -0.2) is 0 Å². The van der Waals surface area contributed by atoms with Crippen molar-refractivity contribution in [3.8, 4) is 11.5 Å². The van der Waals surface area contributed by atoms with E-state index in [1.807, 2.05) is 0 Å². The fourth-order valence-corrected chi connectivity index (χ4v) is 2.60. The first-order chi connectivity index (χ1) is 9.10.